The zero-order chi connectivity index (χ0) is 13.6. The maximum Gasteiger partial charge on any atom is 0.331 e. The van der Waals surface area contributed by atoms with Gasteiger partial charge in [-0.3, -0.25) is 0 Å². The molecule has 0 aliphatic carbocycles. The summed E-state index contributed by atoms with van der Waals surface area (Å²) in [5, 5.41) is 9.13. The van der Waals surface area contributed by atoms with Gasteiger partial charge in [-0.2, -0.15) is 0 Å². The van der Waals surface area contributed by atoms with Crippen molar-refractivity contribution in [2.75, 3.05) is 0 Å². The zero-order valence-electron chi connectivity index (χ0n) is 11.2. The van der Waals surface area contributed by atoms with Crippen molar-refractivity contribution in [3.8, 4) is 0 Å². The van der Waals surface area contributed by atoms with Crippen molar-refractivity contribution < 1.29 is 9.90 Å². The predicted octanol–water partition coefficient (Wildman–Crippen LogP) is 4.15. The second-order valence-corrected chi connectivity index (χ2v) is 5.50. The summed E-state index contributed by atoms with van der Waals surface area (Å²) in [5.74, 6) is -0.845. The van der Waals surface area contributed by atoms with Crippen LogP contribution in [0, 0.1) is 5.41 Å². The Morgan fingerprint density at radius 1 is 1.22 bits per heavy atom. The molecule has 0 atom stereocenters. The van der Waals surface area contributed by atoms with Gasteiger partial charge >= 0.3 is 5.97 Å². The molecule has 0 aliphatic heterocycles. The van der Waals surface area contributed by atoms with Gasteiger partial charge < -0.3 is 5.11 Å². The van der Waals surface area contributed by atoms with Gasteiger partial charge in [0.25, 0.3) is 0 Å². The van der Waals surface area contributed by atoms with Crippen LogP contribution in [0.3, 0.4) is 0 Å². The third-order valence-electron chi connectivity index (χ3n) is 2.38. The molecule has 0 aromatic heterocycles. The fourth-order valence-electron chi connectivity index (χ4n) is 1.62. The van der Waals surface area contributed by atoms with Crippen LogP contribution in [-0.4, -0.2) is 11.1 Å². The maximum atomic E-state index is 11.1. The van der Waals surface area contributed by atoms with Crippen molar-refractivity contribution in [2.45, 2.75) is 27.2 Å². The molecule has 2 heteroatoms. The number of benzene rings is 1. The number of carboxylic acids is 1. The van der Waals surface area contributed by atoms with Gasteiger partial charge in [0.15, 0.2) is 0 Å². The van der Waals surface area contributed by atoms with E-state index in [0.717, 1.165) is 5.56 Å². The number of carbonyl (C=O) groups is 1. The lowest BCUT2D eigenvalue weighted by atomic mass is 9.88. The molecule has 0 unspecified atom stereocenters. The summed E-state index contributed by atoms with van der Waals surface area (Å²) in [6.45, 7) is 6.10. The molecular weight excluding hydrogens is 224 g/mol. The Morgan fingerprint density at radius 3 is 2.33 bits per heavy atom. The highest BCUT2D eigenvalue weighted by molar-refractivity contribution is 5.87. The molecule has 18 heavy (non-hydrogen) atoms. The van der Waals surface area contributed by atoms with E-state index in [2.05, 4.69) is 0 Å². The number of rotatable bonds is 4. The molecule has 0 saturated carbocycles. The molecule has 0 fully saturated rings. The molecule has 1 rings (SSSR count). The first-order valence-electron chi connectivity index (χ1n) is 6.04. The van der Waals surface area contributed by atoms with Gasteiger partial charge in [0.05, 0.1) is 0 Å². The topological polar surface area (TPSA) is 37.3 Å². The fraction of sp³-hybridized carbons (Fsp3) is 0.312. The van der Waals surface area contributed by atoms with Crippen LogP contribution in [0.1, 0.15) is 32.8 Å². The lowest BCUT2D eigenvalue weighted by Crippen LogP contribution is -2.11. The molecule has 1 aromatic rings. The lowest BCUT2D eigenvalue weighted by Gasteiger charge is -2.17. The normalized spacial score (nSPS) is 12.9. The number of hydrogen-bond acceptors (Lipinski definition) is 1. The Hall–Kier alpha value is -1.83. The first kappa shape index (κ1) is 14.2. The highest BCUT2D eigenvalue weighted by atomic mass is 16.4. The highest BCUT2D eigenvalue weighted by Crippen LogP contribution is 2.24. The Kier molecular flexibility index (Phi) is 4.90. The van der Waals surface area contributed by atoms with Crippen molar-refractivity contribution in [1.29, 1.82) is 0 Å². The third-order valence-corrected chi connectivity index (χ3v) is 2.38. The Labute approximate surface area is 109 Å². The smallest absolute Gasteiger partial charge is 0.331 e. The minimum absolute atomic E-state index is 0.0230. The monoisotopic (exact) mass is 244 g/mol. The standard InChI is InChI=1S/C16H20O2/c1-16(2,3)12-14(15(17)18)11-7-10-13-8-5-4-6-9-13/h4-11H,12H2,1-3H3,(H,17,18). The number of allylic oxidation sites excluding steroid dienone is 2. The van der Waals surface area contributed by atoms with Gasteiger partial charge in [-0.05, 0) is 17.4 Å². The van der Waals surface area contributed by atoms with E-state index in [9.17, 15) is 4.79 Å². The molecule has 0 radical (unpaired) electrons. The van der Waals surface area contributed by atoms with Crippen molar-refractivity contribution >= 4 is 12.0 Å². The summed E-state index contributed by atoms with van der Waals surface area (Å²) in [7, 11) is 0. The molecule has 96 valence electrons. The predicted molar refractivity (Wildman–Crippen MR) is 75.3 cm³/mol. The van der Waals surface area contributed by atoms with Crippen molar-refractivity contribution in [2.24, 2.45) is 5.41 Å². The van der Waals surface area contributed by atoms with Crippen LogP contribution in [0.4, 0.5) is 0 Å². The summed E-state index contributed by atoms with van der Waals surface area (Å²) in [6.07, 6.45) is 5.94. The second kappa shape index (κ2) is 6.20. The van der Waals surface area contributed by atoms with Crippen molar-refractivity contribution in [1.82, 2.24) is 0 Å². The Balaban J connectivity index is 2.78. The first-order chi connectivity index (χ1) is 8.38. The van der Waals surface area contributed by atoms with Gasteiger partial charge in [-0.25, -0.2) is 4.79 Å². The van der Waals surface area contributed by atoms with E-state index >= 15 is 0 Å². The van der Waals surface area contributed by atoms with Crippen LogP contribution in [0.25, 0.3) is 6.08 Å². The average molecular weight is 244 g/mol. The summed E-state index contributed by atoms with van der Waals surface area (Å²) in [4.78, 5) is 11.1. The van der Waals surface area contributed by atoms with E-state index < -0.39 is 5.97 Å². The summed E-state index contributed by atoms with van der Waals surface area (Å²) in [5.41, 5.74) is 1.48. The largest absolute Gasteiger partial charge is 0.478 e. The van der Waals surface area contributed by atoms with E-state index in [4.69, 9.17) is 5.11 Å². The average Bonchev–Trinajstić information content (AvgIpc) is 2.27. The molecule has 1 N–H and O–H groups in total. The number of hydrogen-bond donors (Lipinski definition) is 1. The fourth-order valence-corrected chi connectivity index (χ4v) is 1.62. The highest BCUT2D eigenvalue weighted by Gasteiger charge is 2.16. The molecule has 0 bridgehead atoms. The van der Waals surface area contributed by atoms with E-state index in [1.807, 2.05) is 57.2 Å². The van der Waals surface area contributed by atoms with Gasteiger partial charge in [-0.15, -0.1) is 0 Å². The van der Waals surface area contributed by atoms with E-state index in [-0.39, 0.29) is 5.41 Å². The minimum atomic E-state index is -0.845. The quantitative estimate of drug-likeness (QED) is 0.638. The third kappa shape index (κ3) is 5.48. The van der Waals surface area contributed by atoms with Crippen LogP contribution in [-0.2, 0) is 4.79 Å². The Morgan fingerprint density at radius 2 is 1.83 bits per heavy atom. The Bertz CT molecular complexity index is 448. The minimum Gasteiger partial charge on any atom is -0.478 e. The number of carboxylic acid groups (broad SMARTS) is 1. The molecule has 0 amide bonds. The zero-order valence-corrected chi connectivity index (χ0v) is 11.2. The van der Waals surface area contributed by atoms with E-state index in [1.165, 1.54) is 0 Å². The SMILES string of the molecule is CC(C)(C)CC(=CC=Cc1ccccc1)C(=O)O. The van der Waals surface area contributed by atoms with Crippen LogP contribution in [0.5, 0.6) is 0 Å². The lowest BCUT2D eigenvalue weighted by molar-refractivity contribution is -0.133. The van der Waals surface area contributed by atoms with Gasteiger partial charge in [-0.1, -0.05) is 69.3 Å². The molecule has 0 spiro atoms. The summed E-state index contributed by atoms with van der Waals surface area (Å²) in [6, 6.07) is 9.83. The molecule has 0 heterocycles. The van der Waals surface area contributed by atoms with Gasteiger partial charge in [0, 0.05) is 5.57 Å². The second-order valence-electron chi connectivity index (χ2n) is 5.50. The van der Waals surface area contributed by atoms with E-state index in [1.54, 1.807) is 12.2 Å². The van der Waals surface area contributed by atoms with Crippen molar-refractivity contribution in [3.05, 3.63) is 53.6 Å². The number of aliphatic carboxylic acids is 1. The summed E-state index contributed by atoms with van der Waals surface area (Å²) < 4.78 is 0. The van der Waals surface area contributed by atoms with E-state index in [0.29, 0.717) is 12.0 Å². The first-order valence-corrected chi connectivity index (χ1v) is 6.04. The molecular formula is C16H20O2. The van der Waals surface area contributed by atoms with Crippen molar-refractivity contribution in [3.63, 3.8) is 0 Å². The van der Waals surface area contributed by atoms with Crippen LogP contribution < -0.4 is 0 Å². The van der Waals surface area contributed by atoms with Crippen LogP contribution >= 0.6 is 0 Å². The van der Waals surface area contributed by atoms with Crippen LogP contribution in [0.15, 0.2) is 48.1 Å². The molecule has 0 saturated heterocycles. The maximum absolute atomic E-state index is 11.1. The molecule has 1 aromatic carbocycles. The van der Waals surface area contributed by atoms with Gasteiger partial charge in [0.1, 0.15) is 0 Å². The molecule has 2 nitrogen and oxygen atoms in total. The van der Waals surface area contributed by atoms with Gasteiger partial charge in [0.2, 0.25) is 0 Å². The molecule has 0 aliphatic rings. The van der Waals surface area contributed by atoms with Crippen LogP contribution in [0.2, 0.25) is 0 Å². The summed E-state index contributed by atoms with van der Waals surface area (Å²) >= 11 is 0.